The highest BCUT2D eigenvalue weighted by atomic mass is 15.1. The molecule has 15 heavy (non-hydrogen) atoms. The number of nitrogens with one attached hydrogen (secondary N) is 1. The van der Waals surface area contributed by atoms with E-state index in [9.17, 15) is 0 Å². The number of rotatable bonds is 10. The molecule has 2 heteroatoms. The molecule has 1 atom stereocenters. The molecule has 92 valence electrons. The molecule has 0 aliphatic heterocycles. The summed E-state index contributed by atoms with van der Waals surface area (Å²) in [5, 5.41) is 3.20. The zero-order valence-electron chi connectivity index (χ0n) is 11.2. The number of nitrogens with zero attached hydrogens (tertiary/aromatic N) is 1. The lowest BCUT2D eigenvalue weighted by Crippen LogP contribution is -2.34. The summed E-state index contributed by atoms with van der Waals surface area (Å²) in [5.74, 6) is 0. The highest BCUT2D eigenvalue weighted by molar-refractivity contribution is 4.64. The van der Waals surface area contributed by atoms with Crippen LogP contribution in [0.15, 0.2) is 0 Å². The van der Waals surface area contributed by atoms with E-state index in [1.807, 2.05) is 7.05 Å². The van der Waals surface area contributed by atoms with Gasteiger partial charge in [0, 0.05) is 19.1 Å². The Balaban J connectivity index is 3.34. The van der Waals surface area contributed by atoms with E-state index in [4.69, 9.17) is 0 Å². The van der Waals surface area contributed by atoms with Gasteiger partial charge in [0.25, 0.3) is 0 Å². The standard InChI is InChI=1S/C13H30N2/c1-5-6-7-8-9-10-13(2)15(4)12-11-14-3/h13-14H,5-12H2,1-4H3. The maximum absolute atomic E-state index is 3.20. The Morgan fingerprint density at radius 1 is 1.13 bits per heavy atom. The van der Waals surface area contributed by atoms with E-state index in [1.165, 1.54) is 38.5 Å². The molecule has 1 N–H and O–H groups in total. The molecule has 0 radical (unpaired) electrons. The van der Waals surface area contributed by atoms with Crippen LogP contribution in [-0.2, 0) is 0 Å². The van der Waals surface area contributed by atoms with Crippen molar-refractivity contribution < 1.29 is 0 Å². The van der Waals surface area contributed by atoms with Crippen LogP contribution >= 0.6 is 0 Å². The van der Waals surface area contributed by atoms with Crippen molar-refractivity contribution in [3.63, 3.8) is 0 Å². The summed E-state index contributed by atoms with van der Waals surface area (Å²) in [6.07, 6.45) is 8.33. The van der Waals surface area contributed by atoms with Crippen molar-refractivity contribution in [2.45, 2.75) is 58.4 Å². The van der Waals surface area contributed by atoms with Crippen LogP contribution in [-0.4, -0.2) is 38.1 Å². The van der Waals surface area contributed by atoms with E-state index in [2.05, 4.69) is 31.1 Å². The molecule has 0 aromatic heterocycles. The third-order valence-corrected chi connectivity index (χ3v) is 3.19. The second kappa shape index (κ2) is 10.4. The minimum absolute atomic E-state index is 0.736. The molecule has 0 aliphatic rings. The van der Waals surface area contributed by atoms with Gasteiger partial charge < -0.3 is 10.2 Å². The van der Waals surface area contributed by atoms with E-state index in [-0.39, 0.29) is 0 Å². The molecule has 0 amide bonds. The van der Waals surface area contributed by atoms with Gasteiger partial charge >= 0.3 is 0 Å². The topological polar surface area (TPSA) is 15.3 Å². The van der Waals surface area contributed by atoms with Crippen molar-refractivity contribution in [3.05, 3.63) is 0 Å². The maximum atomic E-state index is 3.20. The summed E-state index contributed by atoms with van der Waals surface area (Å²) < 4.78 is 0. The predicted molar refractivity (Wildman–Crippen MR) is 69.4 cm³/mol. The van der Waals surface area contributed by atoms with Crippen molar-refractivity contribution in [2.75, 3.05) is 27.2 Å². The average Bonchev–Trinajstić information content (AvgIpc) is 2.25. The highest BCUT2D eigenvalue weighted by Crippen LogP contribution is 2.09. The molecule has 0 aliphatic carbocycles. The first-order valence-electron chi connectivity index (χ1n) is 6.57. The smallest absolute Gasteiger partial charge is 0.0106 e. The minimum atomic E-state index is 0.736. The molecular formula is C13H30N2. The van der Waals surface area contributed by atoms with Gasteiger partial charge in [-0.3, -0.25) is 0 Å². The first kappa shape index (κ1) is 14.9. The van der Waals surface area contributed by atoms with Gasteiger partial charge in [-0.25, -0.2) is 0 Å². The number of hydrogen-bond donors (Lipinski definition) is 1. The van der Waals surface area contributed by atoms with Crippen LogP contribution in [0.1, 0.15) is 52.4 Å². The van der Waals surface area contributed by atoms with Gasteiger partial charge in [0.2, 0.25) is 0 Å². The summed E-state index contributed by atoms with van der Waals surface area (Å²) in [4.78, 5) is 2.45. The fraction of sp³-hybridized carbons (Fsp3) is 1.00. The van der Waals surface area contributed by atoms with Crippen molar-refractivity contribution in [1.82, 2.24) is 10.2 Å². The lowest BCUT2D eigenvalue weighted by atomic mass is 10.1. The van der Waals surface area contributed by atoms with E-state index in [0.29, 0.717) is 0 Å². The predicted octanol–water partition coefficient (Wildman–Crippen LogP) is 2.89. The molecule has 0 bridgehead atoms. The first-order chi connectivity index (χ1) is 7.22. The molecule has 0 aromatic rings. The Morgan fingerprint density at radius 2 is 1.80 bits per heavy atom. The molecule has 0 aromatic carbocycles. The monoisotopic (exact) mass is 214 g/mol. The minimum Gasteiger partial charge on any atom is -0.318 e. The lowest BCUT2D eigenvalue weighted by molar-refractivity contribution is 0.243. The van der Waals surface area contributed by atoms with Gasteiger partial charge in [-0.05, 0) is 27.4 Å². The van der Waals surface area contributed by atoms with Gasteiger partial charge in [0.1, 0.15) is 0 Å². The van der Waals surface area contributed by atoms with Crippen LogP contribution in [0.4, 0.5) is 0 Å². The zero-order valence-corrected chi connectivity index (χ0v) is 11.2. The van der Waals surface area contributed by atoms with E-state index in [0.717, 1.165) is 19.1 Å². The Morgan fingerprint density at radius 3 is 2.40 bits per heavy atom. The van der Waals surface area contributed by atoms with Gasteiger partial charge in [-0.1, -0.05) is 39.0 Å². The molecule has 0 saturated heterocycles. The van der Waals surface area contributed by atoms with Crippen molar-refractivity contribution in [3.8, 4) is 0 Å². The van der Waals surface area contributed by atoms with E-state index >= 15 is 0 Å². The van der Waals surface area contributed by atoms with Gasteiger partial charge in [-0.2, -0.15) is 0 Å². The third kappa shape index (κ3) is 8.88. The number of unbranched alkanes of at least 4 members (excludes halogenated alkanes) is 4. The summed E-state index contributed by atoms with van der Waals surface area (Å²) in [7, 11) is 4.25. The molecule has 0 fully saturated rings. The van der Waals surface area contributed by atoms with Crippen LogP contribution in [0.3, 0.4) is 0 Å². The Kier molecular flexibility index (Phi) is 10.4. The fourth-order valence-electron chi connectivity index (χ4n) is 1.77. The van der Waals surface area contributed by atoms with Crippen molar-refractivity contribution in [2.24, 2.45) is 0 Å². The van der Waals surface area contributed by atoms with Crippen molar-refractivity contribution >= 4 is 0 Å². The zero-order chi connectivity index (χ0) is 11.5. The molecule has 0 saturated carbocycles. The fourth-order valence-corrected chi connectivity index (χ4v) is 1.77. The van der Waals surface area contributed by atoms with Crippen LogP contribution in [0, 0.1) is 0 Å². The first-order valence-corrected chi connectivity index (χ1v) is 6.57. The van der Waals surface area contributed by atoms with Crippen molar-refractivity contribution in [1.29, 1.82) is 0 Å². The largest absolute Gasteiger partial charge is 0.318 e. The van der Waals surface area contributed by atoms with E-state index in [1.54, 1.807) is 0 Å². The van der Waals surface area contributed by atoms with Gasteiger partial charge in [0.05, 0.1) is 0 Å². The number of hydrogen-bond acceptors (Lipinski definition) is 2. The van der Waals surface area contributed by atoms with Crippen LogP contribution in [0.25, 0.3) is 0 Å². The van der Waals surface area contributed by atoms with Crippen LogP contribution in [0.5, 0.6) is 0 Å². The summed E-state index contributed by atoms with van der Waals surface area (Å²) in [6.45, 7) is 6.87. The Labute approximate surface area is 96.4 Å². The molecule has 1 unspecified atom stereocenters. The summed E-state index contributed by atoms with van der Waals surface area (Å²) >= 11 is 0. The summed E-state index contributed by atoms with van der Waals surface area (Å²) in [6, 6.07) is 0.736. The average molecular weight is 214 g/mol. The third-order valence-electron chi connectivity index (χ3n) is 3.19. The SMILES string of the molecule is CCCCCCCC(C)N(C)CCNC. The quantitative estimate of drug-likeness (QED) is 0.563. The Bertz CT molecular complexity index is 126. The second-order valence-corrected chi connectivity index (χ2v) is 4.64. The second-order valence-electron chi connectivity index (χ2n) is 4.64. The molecule has 0 heterocycles. The van der Waals surface area contributed by atoms with Gasteiger partial charge in [0.15, 0.2) is 0 Å². The number of likely N-dealkylation sites (N-methyl/N-ethyl adjacent to an activating group) is 2. The molecule has 0 rings (SSSR count). The molecular weight excluding hydrogens is 184 g/mol. The maximum Gasteiger partial charge on any atom is 0.0106 e. The molecule has 0 spiro atoms. The molecule has 2 nitrogen and oxygen atoms in total. The van der Waals surface area contributed by atoms with Crippen LogP contribution < -0.4 is 5.32 Å². The lowest BCUT2D eigenvalue weighted by Gasteiger charge is -2.24. The Hall–Kier alpha value is -0.0800. The summed E-state index contributed by atoms with van der Waals surface area (Å²) in [5.41, 5.74) is 0. The van der Waals surface area contributed by atoms with Gasteiger partial charge in [-0.15, -0.1) is 0 Å². The normalized spacial score (nSPS) is 13.4. The van der Waals surface area contributed by atoms with E-state index < -0.39 is 0 Å². The highest BCUT2D eigenvalue weighted by Gasteiger charge is 2.07. The van der Waals surface area contributed by atoms with Crippen LogP contribution in [0.2, 0.25) is 0 Å².